The summed E-state index contributed by atoms with van der Waals surface area (Å²) in [6.07, 6.45) is 3.30. The molecule has 4 atom stereocenters. The molecule has 2 aromatic rings. The summed E-state index contributed by atoms with van der Waals surface area (Å²) in [6.45, 7) is 3.44. The van der Waals surface area contributed by atoms with Gasteiger partial charge in [-0.3, -0.25) is 9.78 Å². The normalized spacial score (nSPS) is 19.0. The molecule has 2 aliphatic heterocycles. The molecule has 13 nitrogen and oxygen atoms in total. The lowest BCUT2D eigenvalue weighted by molar-refractivity contribution is -0.136. The lowest BCUT2D eigenvalue weighted by atomic mass is 9.92. The fraction of sp³-hybridized carbons (Fsp3) is 0.655. The van der Waals surface area contributed by atoms with E-state index >= 15 is 0 Å². The third kappa shape index (κ3) is 9.93. The predicted molar refractivity (Wildman–Crippen MR) is 159 cm³/mol. The number of likely N-dealkylation sites (tertiary alicyclic amines) is 1. The minimum absolute atomic E-state index is 0.000550. The summed E-state index contributed by atoms with van der Waals surface area (Å²) in [7, 11) is 0. The number of hydrogen-bond donors (Lipinski definition) is 6. The van der Waals surface area contributed by atoms with E-state index in [0.29, 0.717) is 48.6 Å². The first-order valence-electron chi connectivity index (χ1n) is 14.8. The van der Waals surface area contributed by atoms with E-state index < -0.39 is 31.0 Å². The van der Waals surface area contributed by atoms with Crippen LogP contribution in [0.25, 0.3) is 0 Å². The molecule has 2 fully saturated rings. The van der Waals surface area contributed by atoms with Gasteiger partial charge in [0.15, 0.2) is 0 Å². The highest BCUT2D eigenvalue weighted by molar-refractivity contribution is 6.30. The molecule has 14 heteroatoms. The van der Waals surface area contributed by atoms with Crippen LogP contribution >= 0.6 is 11.6 Å². The fourth-order valence-corrected chi connectivity index (χ4v) is 5.44. The zero-order valence-electron chi connectivity index (χ0n) is 24.2. The smallest absolute Gasteiger partial charge is 0.228 e. The number of piperidine rings is 1. The first-order chi connectivity index (χ1) is 20.7. The van der Waals surface area contributed by atoms with E-state index in [1.54, 1.807) is 23.5 Å². The highest BCUT2D eigenvalue weighted by atomic mass is 35.5. The Balaban J connectivity index is 1.05. The third-order valence-electron chi connectivity index (χ3n) is 8.08. The van der Waals surface area contributed by atoms with Crippen LogP contribution in [0, 0.1) is 11.8 Å². The number of carbonyl (C=O) groups is 1. The van der Waals surface area contributed by atoms with Crippen LogP contribution in [0.15, 0.2) is 30.7 Å². The van der Waals surface area contributed by atoms with Gasteiger partial charge >= 0.3 is 0 Å². The van der Waals surface area contributed by atoms with Gasteiger partial charge in [-0.1, -0.05) is 11.6 Å². The molecule has 0 aliphatic carbocycles. The zero-order chi connectivity index (χ0) is 30.8. The number of rotatable bonds is 16. The number of nitrogens with one attached hydrogen (secondary N) is 1. The molecule has 0 saturated carbocycles. The Bertz CT molecular complexity index is 1120. The second-order valence-corrected chi connectivity index (χ2v) is 11.8. The second-order valence-electron chi connectivity index (χ2n) is 11.4. The summed E-state index contributed by atoms with van der Waals surface area (Å²) in [5.41, 5.74) is 0.677. The topological polar surface area (TPSA) is 185 Å². The maximum absolute atomic E-state index is 12.6. The van der Waals surface area contributed by atoms with Gasteiger partial charge in [0.05, 0.1) is 49.4 Å². The summed E-state index contributed by atoms with van der Waals surface area (Å²) < 4.78 is 5.87. The SMILES string of the molecule is O=C(Cc1ccc(OCCCC2CCN(c3ncc(Cl)cn3)CC2)cn1)N1CC(CNCC(O)C(O)C(O)C(O)CO)C1. The van der Waals surface area contributed by atoms with Crippen LogP contribution in [0.1, 0.15) is 31.4 Å². The fourth-order valence-electron chi connectivity index (χ4n) is 5.34. The number of aromatic nitrogens is 3. The monoisotopic (exact) mass is 622 g/mol. The summed E-state index contributed by atoms with van der Waals surface area (Å²) in [4.78, 5) is 29.6. The van der Waals surface area contributed by atoms with Crippen LogP contribution in [0.2, 0.25) is 5.02 Å². The van der Waals surface area contributed by atoms with Gasteiger partial charge in [0, 0.05) is 50.9 Å². The predicted octanol–water partition coefficient (Wildman–Crippen LogP) is -0.373. The van der Waals surface area contributed by atoms with E-state index in [4.69, 9.17) is 21.4 Å². The van der Waals surface area contributed by atoms with E-state index in [9.17, 15) is 25.2 Å². The number of halogens is 1. The molecule has 6 N–H and O–H groups in total. The number of ether oxygens (including phenoxy) is 1. The van der Waals surface area contributed by atoms with Crippen LogP contribution in [0.5, 0.6) is 5.75 Å². The van der Waals surface area contributed by atoms with Crippen molar-refractivity contribution in [1.29, 1.82) is 0 Å². The number of aliphatic hydroxyl groups is 5. The van der Waals surface area contributed by atoms with Crippen LogP contribution in [0.3, 0.4) is 0 Å². The molecule has 0 bridgehead atoms. The molecule has 238 valence electrons. The zero-order valence-corrected chi connectivity index (χ0v) is 25.0. The highest BCUT2D eigenvalue weighted by Crippen LogP contribution is 2.25. The first kappa shape index (κ1) is 33.2. The van der Waals surface area contributed by atoms with Crippen molar-refractivity contribution >= 4 is 23.5 Å². The molecule has 4 rings (SSSR count). The molecule has 2 aromatic heterocycles. The van der Waals surface area contributed by atoms with Crippen molar-refractivity contribution in [2.75, 3.05) is 57.4 Å². The van der Waals surface area contributed by atoms with Crippen molar-refractivity contribution in [3.63, 3.8) is 0 Å². The minimum Gasteiger partial charge on any atom is -0.492 e. The van der Waals surface area contributed by atoms with Gasteiger partial charge in [-0.2, -0.15) is 0 Å². The van der Waals surface area contributed by atoms with Gasteiger partial charge in [0.25, 0.3) is 0 Å². The van der Waals surface area contributed by atoms with E-state index in [2.05, 4.69) is 25.2 Å². The van der Waals surface area contributed by atoms with Crippen LogP contribution in [0.4, 0.5) is 5.95 Å². The van der Waals surface area contributed by atoms with E-state index in [0.717, 1.165) is 44.7 Å². The Kier molecular flexibility index (Phi) is 12.7. The van der Waals surface area contributed by atoms with Crippen molar-refractivity contribution in [2.45, 2.75) is 56.5 Å². The number of hydrogen-bond acceptors (Lipinski definition) is 12. The Hall–Kier alpha value is -2.65. The number of anilines is 1. The van der Waals surface area contributed by atoms with E-state index in [1.165, 1.54) is 0 Å². The van der Waals surface area contributed by atoms with Gasteiger partial charge < -0.3 is 45.4 Å². The number of pyridine rings is 1. The number of nitrogens with zero attached hydrogens (tertiary/aromatic N) is 5. The molecule has 1 amide bonds. The lowest BCUT2D eigenvalue weighted by Crippen LogP contribution is -2.55. The Labute approximate surface area is 256 Å². The maximum Gasteiger partial charge on any atom is 0.228 e. The summed E-state index contributed by atoms with van der Waals surface area (Å²) >= 11 is 5.88. The molecule has 4 unspecified atom stereocenters. The quantitative estimate of drug-likeness (QED) is 0.134. The van der Waals surface area contributed by atoms with Crippen LogP contribution < -0.4 is 15.0 Å². The van der Waals surface area contributed by atoms with Crippen molar-refractivity contribution in [3.8, 4) is 5.75 Å². The highest BCUT2D eigenvalue weighted by Gasteiger charge is 2.32. The largest absolute Gasteiger partial charge is 0.492 e. The molecular weight excluding hydrogens is 580 g/mol. The summed E-state index contributed by atoms with van der Waals surface area (Å²) in [5.74, 6) is 2.27. The summed E-state index contributed by atoms with van der Waals surface area (Å²) in [5, 5.41) is 51.3. The van der Waals surface area contributed by atoms with E-state index in [-0.39, 0.29) is 24.8 Å². The maximum atomic E-state index is 12.6. The van der Waals surface area contributed by atoms with E-state index in [1.807, 2.05) is 12.1 Å². The Morgan fingerprint density at radius 1 is 1.00 bits per heavy atom. The molecule has 0 radical (unpaired) electrons. The summed E-state index contributed by atoms with van der Waals surface area (Å²) in [6, 6.07) is 3.66. The average Bonchev–Trinajstić information content (AvgIpc) is 3.00. The lowest BCUT2D eigenvalue weighted by Gasteiger charge is -2.39. The number of carbonyl (C=O) groups excluding carboxylic acids is 1. The molecular formula is C29H43ClN6O7. The molecule has 2 aliphatic rings. The average molecular weight is 623 g/mol. The van der Waals surface area contributed by atoms with Gasteiger partial charge in [-0.15, -0.1) is 0 Å². The molecule has 2 saturated heterocycles. The minimum atomic E-state index is -1.65. The number of amides is 1. The first-order valence-corrected chi connectivity index (χ1v) is 15.2. The molecule has 0 spiro atoms. The Morgan fingerprint density at radius 2 is 1.70 bits per heavy atom. The van der Waals surface area contributed by atoms with Gasteiger partial charge in [0.2, 0.25) is 11.9 Å². The third-order valence-corrected chi connectivity index (χ3v) is 8.28. The standard InChI is InChI=1S/C29H43ClN6O7/c30-21-12-33-29(34-13-21)35-7-5-19(6-8-35)2-1-9-43-23-4-3-22(32-14-23)10-26(40)36-16-20(17-36)11-31-15-24(38)27(41)28(42)25(39)18-37/h3-4,12-14,19-20,24-25,27-28,31,37-39,41-42H,1-2,5-11,15-18H2. The van der Waals surface area contributed by atoms with Crippen molar-refractivity contribution in [3.05, 3.63) is 41.4 Å². The van der Waals surface area contributed by atoms with Gasteiger partial charge in [-0.05, 0) is 43.7 Å². The molecule has 43 heavy (non-hydrogen) atoms. The van der Waals surface area contributed by atoms with Crippen molar-refractivity contribution in [1.82, 2.24) is 25.2 Å². The van der Waals surface area contributed by atoms with Crippen LogP contribution in [-0.2, 0) is 11.2 Å². The molecule has 0 aromatic carbocycles. The molecule has 4 heterocycles. The van der Waals surface area contributed by atoms with Crippen LogP contribution in [-0.4, -0.2) is 128 Å². The Morgan fingerprint density at radius 3 is 2.35 bits per heavy atom. The van der Waals surface area contributed by atoms with Gasteiger partial charge in [-0.25, -0.2) is 9.97 Å². The van der Waals surface area contributed by atoms with Crippen molar-refractivity contribution in [2.24, 2.45) is 11.8 Å². The second kappa shape index (κ2) is 16.4. The van der Waals surface area contributed by atoms with Crippen molar-refractivity contribution < 1.29 is 35.1 Å². The van der Waals surface area contributed by atoms with Gasteiger partial charge in [0.1, 0.15) is 24.1 Å². The number of aliphatic hydroxyl groups excluding tert-OH is 5.